The zero-order valence-electron chi connectivity index (χ0n) is 12.4. The summed E-state index contributed by atoms with van der Waals surface area (Å²) in [5, 5.41) is 6.92. The normalized spacial score (nSPS) is 11.6. The molecule has 2 heterocycles. The average molecular weight is 351 g/mol. The number of aryl methyl sites for hydroxylation is 2. The smallest absolute Gasteiger partial charge is 0.271 e. The Hall–Kier alpha value is -2.19. The van der Waals surface area contributed by atoms with Crippen molar-refractivity contribution in [3.05, 3.63) is 53.5 Å². The molecule has 0 bridgehead atoms. The Morgan fingerprint density at radius 3 is 2.61 bits per heavy atom. The zero-order valence-corrected chi connectivity index (χ0v) is 14.1. The molecular formula is C15H14FN3O2S2. The van der Waals surface area contributed by atoms with Crippen LogP contribution in [-0.2, 0) is 10.0 Å². The van der Waals surface area contributed by atoms with Gasteiger partial charge in [-0.2, -0.15) is 5.10 Å². The second-order valence-electron chi connectivity index (χ2n) is 5.12. The molecule has 0 radical (unpaired) electrons. The second kappa shape index (κ2) is 5.78. The van der Waals surface area contributed by atoms with Gasteiger partial charge in [0.2, 0.25) is 0 Å². The summed E-state index contributed by atoms with van der Waals surface area (Å²) >= 11 is 1.11. The molecule has 23 heavy (non-hydrogen) atoms. The summed E-state index contributed by atoms with van der Waals surface area (Å²) in [6.07, 6.45) is 0. The van der Waals surface area contributed by atoms with Gasteiger partial charge in [-0.15, -0.1) is 11.3 Å². The van der Waals surface area contributed by atoms with Crippen LogP contribution in [0.15, 0.2) is 40.6 Å². The number of rotatable bonds is 4. The summed E-state index contributed by atoms with van der Waals surface area (Å²) in [7, 11) is -3.76. The Morgan fingerprint density at radius 1 is 1.17 bits per heavy atom. The standard InChI is InChI=1S/C15H14FN3O2S2/c1-9-3-4-11(8-12(9)16)19-23(20,21)15-6-5-14(22-15)13-7-10(2)17-18-13/h3-8,19H,1-2H3,(H,17,18). The number of sulfonamides is 1. The van der Waals surface area contributed by atoms with Gasteiger partial charge in [-0.3, -0.25) is 9.82 Å². The van der Waals surface area contributed by atoms with Crippen LogP contribution in [-0.4, -0.2) is 18.6 Å². The molecule has 3 rings (SSSR count). The predicted octanol–water partition coefficient (Wildman–Crippen LogP) is 3.69. The third kappa shape index (κ3) is 3.27. The maximum absolute atomic E-state index is 13.5. The van der Waals surface area contributed by atoms with E-state index in [0.29, 0.717) is 11.3 Å². The van der Waals surface area contributed by atoms with E-state index < -0.39 is 15.8 Å². The molecule has 0 fully saturated rings. The van der Waals surface area contributed by atoms with Crippen LogP contribution >= 0.6 is 11.3 Å². The van der Waals surface area contributed by atoms with Gasteiger partial charge >= 0.3 is 0 Å². The van der Waals surface area contributed by atoms with E-state index in [9.17, 15) is 12.8 Å². The molecule has 0 amide bonds. The first-order valence-electron chi connectivity index (χ1n) is 6.76. The number of nitrogens with zero attached hydrogens (tertiary/aromatic N) is 1. The second-order valence-corrected chi connectivity index (χ2v) is 8.12. The SMILES string of the molecule is Cc1cc(-c2ccc(S(=O)(=O)Nc3ccc(C)c(F)c3)s2)n[nH]1. The van der Waals surface area contributed by atoms with Gasteiger partial charge < -0.3 is 0 Å². The lowest BCUT2D eigenvalue weighted by molar-refractivity contribution is 0.603. The summed E-state index contributed by atoms with van der Waals surface area (Å²) in [6, 6.07) is 9.27. The van der Waals surface area contributed by atoms with Crippen molar-refractivity contribution in [3.8, 4) is 10.6 Å². The summed E-state index contributed by atoms with van der Waals surface area (Å²) in [4.78, 5) is 0.741. The van der Waals surface area contributed by atoms with E-state index >= 15 is 0 Å². The number of aromatic amines is 1. The van der Waals surface area contributed by atoms with E-state index in [-0.39, 0.29) is 9.90 Å². The molecule has 3 aromatic rings. The Bertz CT molecular complexity index is 961. The number of nitrogens with one attached hydrogen (secondary N) is 2. The number of halogens is 1. The van der Waals surface area contributed by atoms with Gasteiger partial charge in [0.25, 0.3) is 10.0 Å². The molecule has 5 nitrogen and oxygen atoms in total. The molecule has 0 atom stereocenters. The van der Waals surface area contributed by atoms with Crippen molar-refractivity contribution in [1.29, 1.82) is 0 Å². The molecule has 0 aliphatic heterocycles. The van der Waals surface area contributed by atoms with E-state index in [2.05, 4.69) is 14.9 Å². The maximum atomic E-state index is 13.5. The first-order chi connectivity index (χ1) is 10.8. The van der Waals surface area contributed by atoms with Crippen LogP contribution in [0.1, 0.15) is 11.3 Å². The number of benzene rings is 1. The topological polar surface area (TPSA) is 74.8 Å². The lowest BCUT2D eigenvalue weighted by Crippen LogP contribution is -2.11. The molecule has 2 aromatic heterocycles. The number of aromatic nitrogens is 2. The third-order valence-corrected chi connectivity index (χ3v) is 6.21. The molecule has 2 N–H and O–H groups in total. The third-order valence-electron chi connectivity index (χ3n) is 3.23. The van der Waals surface area contributed by atoms with Crippen LogP contribution in [0.2, 0.25) is 0 Å². The monoisotopic (exact) mass is 351 g/mol. The fourth-order valence-electron chi connectivity index (χ4n) is 2.01. The zero-order chi connectivity index (χ0) is 16.6. The van der Waals surface area contributed by atoms with E-state index in [4.69, 9.17) is 0 Å². The Balaban J connectivity index is 1.88. The minimum absolute atomic E-state index is 0.147. The van der Waals surface area contributed by atoms with Crippen LogP contribution in [0.5, 0.6) is 0 Å². The average Bonchev–Trinajstić information content (AvgIpc) is 3.11. The largest absolute Gasteiger partial charge is 0.282 e. The fourth-order valence-corrected chi connectivity index (χ4v) is 4.32. The molecule has 0 aliphatic carbocycles. The minimum Gasteiger partial charge on any atom is -0.282 e. The number of H-pyrrole nitrogens is 1. The van der Waals surface area contributed by atoms with Crippen LogP contribution in [0, 0.1) is 19.7 Å². The maximum Gasteiger partial charge on any atom is 0.271 e. The van der Waals surface area contributed by atoms with Crippen molar-refractivity contribution in [2.45, 2.75) is 18.1 Å². The van der Waals surface area contributed by atoms with Gasteiger partial charge in [0.05, 0.1) is 10.6 Å². The van der Waals surface area contributed by atoms with Gasteiger partial charge in [-0.05, 0) is 49.7 Å². The van der Waals surface area contributed by atoms with Crippen molar-refractivity contribution >= 4 is 27.0 Å². The van der Waals surface area contributed by atoms with Crippen molar-refractivity contribution in [2.75, 3.05) is 4.72 Å². The number of hydrogen-bond acceptors (Lipinski definition) is 4. The molecule has 0 aliphatic rings. The molecule has 0 spiro atoms. The van der Waals surface area contributed by atoms with E-state index in [1.54, 1.807) is 13.0 Å². The minimum atomic E-state index is -3.76. The molecule has 120 valence electrons. The van der Waals surface area contributed by atoms with E-state index in [1.165, 1.54) is 24.3 Å². The summed E-state index contributed by atoms with van der Waals surface area (Å²) in [5.74, 6) is -0.455. The Kier molecular flexibility index (Phi) is 3.95. The quantitative estimate of drug-likeness (QED) is 0.753. The molecule has 0 saturated carbocycles. The van der Waals surface area contributed by atoms with Crippen molar-refractivity contribution in [3.63, 3.8) is 0 Å². The lowest BCUT2D eigenvalue weighted by Gasteiger charge is -2.07. The number of thiophene rings is 1. The van der Waals surface area contributed by atoms with Gasteiger partial charge in [-0.25, -0.2) is 12.8 Å². The molecule has 0 unspecified atom stereocenters. The Morgan fingerprint density at radius 2 is 1.96 bits per heavy atom. The van der Waals surface area contributed by atoms with Gasteiger partial charge in [-0.1, -0.05) is 6.07 Å². The number of anilines is 1. The highest BCUT2D eigenvalue weighted by atomic mass is 32.2. The highest BCUT2D eigenvalue weighted by Crippen LogP contribution is 2.31. The van der Waals surface area contributed by atoms with Gasteiger partial charge in [0.1, 0.15) is 15.7 Å². The molecule has 1 aromatic carbocycles. The van der Waals surface area contributed by atoms with Crippen LogP contribution in [0.25, 0.3) is 10.6 Å². The van der Waals surface area contributed by atoms with Crippen molar-refractivity contribution in [2.24, 2.45) is 0 Å². The Labute approximate surface area is 137 Å². The summed E-state index contributed by atoms with van der Waals surface area (Å²) in [5.41, 5.74) is 2.24. The number of hydrogen-bond donors (Lipinski definition) is 2. The highest BCUT2D eigenvalue weighted by Gasteiger charge is 2.18. The van der Waals surface area contributed by atoms with Crippen molar-refractivity contribution in [1.82, 2.24) is 10.2 Å². The first kappa shape index (κ1) is 15.7. The van der Waals surface area contributed by atoms with Crippen LogP contribution in [0.3, 0.4) is 0 Å². The van der Waals surface area contributed by atoms with E-state index in [1.807, 2.05) is 13.0 Å². The predicted molar refractivity (Wildman–Crippen MR) is 88.6 cm³/mol. The highest BCUT2D eigenvalue weighted by molar-refractivity contribution is 7.94. The van der Waals surface area contributed by atoms with Crippen molar-refractivity contribution < 1.29 is 12.8 Å². The van der Waals surface area contributed by atoms with Crippen LogP contribution in [0.4, 0.5) is 10.1 Å². The van der Waals surface area contributed by atoms with Crippen LogP contribution < -0.4 is 4.72 Å². The molecular weight excluding hydrogens is 337 g/mol. The lowest BCUT2D eigenvalue weighted by atomic mass is 10.2. The van der Waals surface area contributed by atoms with Gasteiger partial charge in [0, 0.05) is 5.69 Å². The molecule has 0 saturated heterocycles. The van der Waals surface area contributed by atoms with E-state index in [0.717, 1.165) is 21.9 Å². The molecule has 8 heteroatoms. The summed E-state index contributed by atoms with van der Waals surface area (Å²) in [6.45, 7) is 3.49. The fraction of sp³-hybridized carbons (Fsp3) is 0.133. The first-order valence-corrected chi connectivity index (χ1v) is 9.06. The van der Waals surface area contributed by atoms with Gasteiger partial charge in [0.15, 0.2) is 0 Å². The summed E-state index contributed by atoms with van der Waals surface area (Å²) < 4.78 is 40.9.